The number of rotatable bonds is 8. The number of hydrogen-bond donors (Lipinski definition) is 2. The molecule has 5 rings (SSSR count). The highest BCUT2D eigenvalue weighted by molar-refractivity contribution is 7.15. The molecule has 2 N–H and O–H groups in total. The predicted molar refractivity (Wildman–Crippen MR) is 131 cm³/mol. The molecule has 2 atom stereocenters. The summed E-state index contributed by atoms with van der Waals surface area (Å²) in [5.41, 5.74) is 1.46. The van der Waals surface area contributed by atoms with E-state index in [0.29, 0.717) is 21.8 Å². The molecule has 0 radical (unpaired) electrons. The Balaban J connectivity index is 1.15. The lowest BCUT2D eigenvalue weighted by molar-refractivity contribution is -0.116. The van der Waals surface area contributed by atoms with E-state index < -0.39 is 0 Å². The normalized spacial score (nSPS) is 17.7. The molecule has 0 saturated heterocycles. The summed E-state index contributed by atoms with van der Waals surface area (Å²) in [5, 5.41) is 32.9. The van der Waals surface area contributed by atoms with Crippen LogP contribution in [0.4, 0.5) is 10.3 Å². The van der Waals surface area contributed by atoms with Crippen LogP contribution in [0.25, 0.3) is 0 Å². The first-order chi connectivity index (χ1) is 17.4. The largest absolute Gasteiger partial charge is 0.361 e. The summed E-state index contributed by atoms with van der Waals surface area (Å²) in [6.45, 7) is 3.61. The minimum atomic E-state index is -0.225. The zero-order valence-electron chi connectivity index (χ0n) is 19.7. The van der Waals surface area contributed by atoms with Crippen LogP contribution < -0.4 is 10.6 Å². The molecule has 12 nitrogen and oxygen atoms in total. The number of nitrogens with zero attached hydrogens (tertiary/aromatic N) is 6. The number of anilines is 2. The van der Waals surface area contributed by atoms with Gasteiger partial charge in [-0.1, -0.05) is 39.4 Å². The van der Waals surface area contributed by atoms with Gasteiger partial charge in [-0.3, -0.25) is 9.59 Å². The number of nitrogens with one attached hydrogen (secondary N) is 2. The number of aromatic nitrogens is 6. The number of hydrogen-bond acceptors (Lipinski definition) is 12. The molecule has 14 heteroatoms. The maximum Gasteiger partial charge on any atom is 0.233 e. The molecule has 1 fully saturated rings. The van der Waals surface area contributed by atoms with Crippen LogP contribution in [0.5, 0.6) is 0 Å². The maximum atomic E-state index is 12.3. The summed E-state index contributed by atoms with van der Waals surface area (Å²) in [6.07, 6.45) is 4.06. The molecular weight excluding hydrogens is 504 g/mol. The van der Waals surface area contributed by atoms with E-state index in [4.69, 9.17) is 9.05 Å². The van der Waals surface area contributed by atoms with Crippen LogP contribution in [0.1, 0.15) is 70.4 Å². The molecule has 0 bridgehead atoms. The van der Waals surface area contributed by atoms with Gasteiger partial charge in [0, 0.05) is 24.0 Å². The van der Waals surface area contributed by atoms with Crippen LogP contribution in [0.3, 0.4) is 0 Å². The Bertz CT molecular complexity index is 1260. The van der Waals surface area contributed by atoms with Crippen molar-refractivity contribution in [3.8, 4) is 0 Å². The van der Waals surface area contributed by atoms with Crippen LogP contribution in [0, 0.1) is 13.8 Å². The summed E-state index contributed by atoms with van der Waals surface area (Å²) in [7, 11) is 0. The lowest BCUT2D eigenvalue weighted by atomic mass is 9.82. The minimum absolute atomic E-state index is 0.0925. The van der Waals surface area contributed by atoms with Crippen molar-refractivity contribution in [2.45, 2.75) is 64.2 Å². The molecule has 0 aliphatic heterocycles. The van der Waals surface area contributed by atoms with Gasteiger partial charge in [0.25, 0.3) is 0 Å². The van der Waals surface area contributed by atoms with Gasteiger partial charge >= 0.3 is 0 Å². The Hall–Kier alpha value is -3.52. The lowest BCUT2D eigenvalue weighted by Crippen LogP contribution is -2.13. The van der Waals surface area contributed by atoms with E-state index in [1.165, 1.54) is 22.7 Å². The van der Waals surface area contributed by atoms with Crippen LogP contribution in [-0.4, -0.2) is 42.5 Å². The molecule has 1 aliphatic carbocycles. The van der Waals surface area contributed by atoms with Gasteiger partial charge in [0.2, 0.25) is 22.1 Å². The van der Waals surface area contributed by atoms with Crippen molar-refractivity contribution in [1.29, 1.82) is 0 Å². The van der Waals surface area contributed by atoms with Crippen molar-refractivity contribution in [3.05, 3.63) is 45.1 Å². The highest BCUT2D eigenvalue weighted by Gasteiger charge is 2.29. The molecule has 0 aromatic carbocycles. The van der Waals surface area contributed by atoms with Gasteiger partial charge in [0.15, 0.2) is 0 Å². The zero-order valence-corrected chi connectivity index (χ0v) is 21.3. The Morgan fingerprint density at radius 2 is 1.31 bits per heavy atom. The lowest BCUT2D eigenvalue weighted by Gasteiger charge is -2.25. The van der Waals surface area contributed by atoms with Gasteiger partial charge in [0.05, 0.1) is 24.2 Å². The zero-order chi connectivity index (χ0) is 25.1. The first kappa shape index (κ1) is 24.2. The summed E-state index contributed by atoms with van der Waals surface area (Å²) in [4.78, 5) is 24.6. The molecule has 1 saturated carbocycles. The van der Waals surface area contributed by atoms with E-state index in [0.717, 1.165) is 47.1 Å². The van der Waals surface area contributed by atoms with Crippen molar-refractivity contribution in [2.75, 3.05) is 10.6 Å². The fourth-order valence-corrected chi connectivity index (χ4v) is 6.00. The van der Waals surface area contributed by atoms with Crippen molar-refractivity contribution in [1.82, 2.24) is 30.7 Å². The summed E-state index contributed by atoms with van der Waals surface area (Å²) < 4.78 is 10.2. The third-order valence-electron chi connectivity index (χ3n) is 5.77. The average molecular weight is 529 g/mol. The second-order valence-electron chi connectivity index (χ2n) is 8.77. The van der Waals surface area contributed by atoms with Crippen LogP contribution in [0.2, 0.25) is 0 Å². The third kappa shape index (κ3) is 5.99. The van der Waals surface area contributed by atoms with Gasteiger partial charge in [0.1, 0.15) is 21.5 Å². The molecule has 0 spiro atoms. The fourth-order valence-electron chi connectivity index (χ4n) is 4.18. The molecule has 1 aliphatic rings. The summed E-state index contributed by atoms with van der Waals surface area (Å²) in [6, 6.07) is 3.46. The summed E-state index contributed by atoms with van der Waals surface area (Å²) in [5.74, 6) is 1.01. The Morgan fingerprint density at radius 1 is 0.833 bits per heavy atom. The second-order valence-corrected chi connectivity index (χ2v) is 10.8. The highest BCUT2D eigenvalue weighted by atomic mass is 32.1. The van der Waals surface area contributed by atoms with E-state index in [1.54, 1.807) is 26.0 Å². The van der Waals surface area contributed by atoms with Crippen LogP contribution >= 0.6 is 22.7 Å². The first-order valence-corrected chi connectivity index (χ1v) is 13.2. The van der Waals surface area contributed by atoms with Gasteiger partial charge in [-0.05, 0) is 33.1 Å². The van der Waals surface area contributed by atoms with Crippen molar-refractivity contribution in [2.24, 2.45) is 0 Å². The SMILES string of the molecule is Cc1cc(CC(=O)Nc2nnc([C@H]3CCC[C@H](c4nnc(NC(=O)Cc5cc(C)no5)s4)C3)s2)on1. The minimum Gasteiger partial charge on any atom is -0.361 e. The molecular formula is C22H24N8O4S2. The molecule has 4 aromatic heterocycles. The number of aryl methyl sites for hydroxylation is 2. The summed E-state index contributed by atoms with van der Waals surface area (Å²) >= 11 is 2.79. The Kier molecular flexibility index (Phi) is 7.13. The number of carbonyl (C=O) groups excluding carboxylic acids is 2. The van der Waals surface area contributed by atoms with E-state index >= 15 is 0 Å². The van der Waals surface area contributed by atoms with Crippen LogP contribution in [0.15, 0.2) is 21.2 Å². The monoisotopic (exact) mass is 528 g/mol. The fraction of sp³-hybridized carbons (Fsp3) is 0.455. The van der Waals surface area contributed by atoms with Crippen molar-refractivity contribution < 1.29 is 18.6 Å². The molecule has 4 aromatic rings. The van der Waals surface area contributed by atoms with Crippen molar-refractivity contribution >= 4 is 44.8 Å². The topological polar surface area (TPSA) is 162 Å². The smallest absolute Gasteiger partial charge is 0.233 e. The van der Waals surface area contributed by atoms with Gasteiger partial charge in [-0.25, -0.2) is 0 Å². The van der Waals surface area contributed by atoms with Crippen molar-refractivity contribution in [3.63, 3.8) is 0 Å². The van der Waals surface area contributed by atoms with E-state index in [2.05, 4.69) is 41.3 Å². The predicted octanol–water partition coefficient (Wildman–Crippen LogP) is 3.79. The Labute approximate surface area is 213 Å². The Morgan fingerprint density at radius 3 is 1.72 bits per heavy atom. The molecule has 188 valence electrons. The second kappa shape index (κ2) is 10.6. The maximum absolute atomic E-state index is 12.3. The quantitative estimate of drug-likeness (QED) is 0.344. The van der Waals surface area contributed by atoms with Gasteiger partial charge < -0.3 is 19.7 Å². The first-order valence-electron chi connectivity index (χ1n) is 11.5. The average Bonchev–Trinajstić information content (AvgIpc) is 3.64. The third-order valence-corrected chi connectivity index (χ3v) is 7.77. The molecule has 0 unspecified atom stereocenters. The van der Waals surface area contributed by atoms with E-state index in [-0.39, 0.29) is 36.5 Å². The van der Waals surface area contributed by atoms with Crippen LogP contribution in [-0.2, 0) is 22.4 Å². The molecule has 2 amide bonds. The standard InChI is InChI=1S/C22H24N8O4S2/c1-11-6-15(33-29-11)9-17(31)23-21-27-25-19(35-21)13-4-3-5-14(8-13)20-26-28-22(36-20)24-18(32)10-16-7-12(2)30-34-16/h6-7,13-14H,3-5,8-10H2,1-2H3,(H,23,27,31)(H,24,28,32)/t13-,14-/m0/s1. The van der Waals surface area contributed by atoms with E-state index in [1.807, 2.05) is 0 Å². The number of amides is 2. The van der Waals surface area contributed by atoms with E-state index in [9.17, 15) is 9.59 Å². The molecule has 4 heterocycles. The van der Waals surface area contributed by atoms with Gasteiger partial charge in [-0.2, -0.15) is 0 Å². The number of carbonyl (C=O) groups is 2. The molecule has 36 heavy (non-hydrogen) atoms. The van der Waals surface area contributed by atoms with Gasteiger partial charge in [-0.15, -0.1) is 20.4 Å². The highest BCUT2D eigenvalue weighted by Crippen LogP contribution is 2.43.